The Labute approximate surface area is 139 Å². The van der Waals surface area contributed by atoms with Crippen molar-refractivity contribution in [1.29, 1.82) is 0 Å². The van der Waals surface area contributed by atoms with Crippen molar-refractivity contribution in [3.05, 3.63) is 76.1 Å². The maximum Gasteiger partial charge on any atom is 0.282 e. The van der Waals surface area contributed by atoms with Gasteiger partial charge in [-0.1, -0.05) is 41.9 Å². The molecule has 0 aliphatic carbocycles. The molecule has 0 unspecified atom stereocenters. The first-order valence-electron chi connectivity index (χ1n) is 6.99. The summed E-state index contributed by atoms with van der Waals surface area (Å²) in [7, 11) is 0. The minimum atomic E-state index is -0.631. The van der Waals surface area contributed by atoms with Crippen molar-refractivity contribution < 1.29 is 4.39 Å². The summed E-state index contributed by atoms with van der Waals surface area (Å²) >= 11 is 6.00. The lowest BCUT2D eigenvalue weighted by Crippen LogP contribution is -2.29. The Hall–Kier alpha value is -3.06. The predicted octanol–water partition coefficient (Wildman–Crippen LogP) is 2.76. The third-order valence-corrected chi connectivity index (χ3v) is 3.89. The van der Waals surface area contributed by atoms with Crippen LogP contribution in [0.1, 0.15) is 0 Å². The monoisotopic (exact) mass is 341 g/mol. The molecule has 0 N–H and O–H groups in total. The van der Waals surface area contributed by atoms with Crippen molar-refractivity contribution in [3.63, 3.8) is 0 Å². The van der Waals surface area contributed by atoms with E-state index in [1.807, 2.05) is 0 Å². The molecule has 8 heteroatoms. The number of hydrogen-bond acceptors (Lipinski definition) is 4. The SMILES string of the molecule is O=c1c(-c2ccccc2)c(F)c2cc(Cl)ccc2n1-n1cnnn1. The van der Waals surface area contributed by atoms with Gasteiger partial charge in [-0.3, -0.25) is 4.79 Å². The second-order valence-electron chi connectivity index (χ2n) is 5.06. The number of fused-ring (bicyclic) bond motifs is 1. The lowest BCUT2D eigenvalue weighted by atomic mass is 10.0. The van der Waals surface area contributed by atoms with Crippen molar-refractivity contribution in [1.82, 2.24) is 25.0 Å². The zero-order chi connectivity index (χ0) is 16.7. The first-order chi connectivity index (χ1) is 11.7. The molecule has 0 aliphatic rings. The van der Waals surface area contributed by atoms with Gasteiger partial charge < -0.3 is 0 Å². The van der Waals surface area contributed by atoms with Gasteiger partial charge in [0.15, 0.2) is 6.33 Å². The van der Waals surface area contributed by atoms with Crippen molar-refractivity contribution in [2.24, 2.45) is 0 Å². The average Bonchev–Trinajstić information content (AvgIpc) is 3.11. The number of hydrogen-bond donors (Lipinski definition) is 0. The van der Waals surface area contributed by atoms with Crippen LogP contribution in [0, 0.1) is 5.82 Å². The molecule has 4 aromatic rings. The molecule has 0 bridgehead atoms. The van der Waals surface area contributed by atoms with Crippen LogP contribution in [0.3, 0.4) is 0 Å². The number of pyridine rings is 1. The van der Waals surface area contributed by atoms with E-state index in [1.165, 1.54) is 17.1 Å². The summed E-state index contributed by atoms with van der Waals surface area (Å²) in [6.45, 7) is 0. The van der Waals surface area contributed by atoms with Crippen molar-refractivity contribution in [2.45, 2.75) is 0 Å². The van der Waals surface area contributed by atoms with Crippen molar-refractivity contribution in [2.75, 3.05) is 0 Å². The molecule has 2 aromatic heterocycles. The van der Waals surface area contributed by atoms with E-state index < -0.39 is 11.4 Å². The van der Waals surface area contributed by atoms with Crippen LogP contribution in [-0.2, 0) is 0 Å². The van der Waals surface area contributed by atoms with E-state index in [0.29, 0.717) is 16.1 Å². The Morgan fingerprint density at radius 3 is 2.58 bits per heavy atom. The highest BCUT2D eigenvalue weighted by molar-refractivity contribution is 6.31. The second kappa shape index (κ2) is 5.54. The maximum absolute atomic E-state index is 15.1. The number of tetrazole rings is 1. The van der Waals surface area contributed by atoms with Crippen LogP contribution in [0.25, 0.3) is 22.0 Å². The van der Waals surface area contributed by atoms with Gasteiger partial charge in [0.1, 0.15) is 5.82 Å². The van der Waals surface area contributed by atoms with Crippen LogP contribution in [0.2, 0.25) is 5.02 Å². The molecule has 4 rings (SSSR count). The number of rotatable bonds is 2. The molecule has 2 heterocycles. The third kappa shape index (κ3) is 2.17. The van der Waals surface area contributed by atoms with E-state index in [-0.39, 0.29) is 10.9 Å². The quantitative estimate of drug-likeness (QED) is 0.562. The van der Waals surface area contributed by atoms with Gasteiger partial charge in [-0.05, 0) is 34.2 Å². The van der Waals surface area contributed by atoms with Gasteiger partial charge in [0, 0.05) is 10.4 Å². The molecule has 0 saturated heterocycles. The minimum Gasteiger partial charge on any atom is -0.267 e. The fraction of sp³-hybridized carbons (Fsp3) is 0. The topological polar surface area (TPSA) is 65.6 Å². The van der Waals surface area contributed by atoms with Crippen LogP contribution in [0.5, 0.6) is 0 Å². The summed E-state index contributed by atoms with van der Waals surface area (Å²) in [4.78, 5) is 14.1. The molecule has 0 spiro atoms. The number of nitrogens with zero attached hydrogens (tertiary/aromatic N) is 5. The van der Waals surface area contributed by atoms with Gasteiger partial charge in [0.2, 0.25) is 0 Å². The van der Waals surface area contributed by atoms with Gasteiger partial charge in [-0.25, -0.2) is 4.39 Å². The summed E-state index contributed by atoms with van der Waals surface area (Å²) in [6.07, 6.45) is 1.27. The highest BCUT2D eigenvalue weighted by Gasteiger charge is 2.20. The molecule has 6 nitrogen and oxygen atoms in total. The van der Waals surface area contributed by atoms with Crippen molar-refractivity contribution in [3.8, 4) is 11.1 Å². The van der Waals surface area contributed by atoms with E-state index >= 15 is 4.39 Å². The van der Waals surface area contributed by atoms with Crippen LogP contribution in [-0.4, -0.2) is 25.0 Å². The molecule has 0 saturated carbocycles. The Morgan fingerprint density at radius 2 is 1.88 bits per heavy atom. The Kier molecular flexibility index (Phi) is 3.35. The Morgan fingerprint density at radius 1 is 1.08 bits per heavy atom. The van der Waals surface area contributed by atoms with Gasteiger partial charge >= 0.3 is 0 Å². The zero-order valence-corrected chi connectivity index (χ0v) is 12.9. The smallest absolute Gasteiger partial charge is 0.267 e. The fourth-order valence-electron chi connectivity index (χ4n) is 2.62. The lowest BCUT2D eigenvalue weighted by molar-refractivity contribution is 0.543. The van der Waals surface area contributed by atoms with E-state index in [9.17, 15) is 4.79 Å². The first kappa shape index (κ1) is 14.5. The molecule has 0 radical (unpaired) electrons. The summed E-state index contributed by atoms with van der Waals surface area (Å²) in [5.74, 6) is -0.631. The second-order valence-corrected chi connectivity index (χ2v) is 5.50. The zero-order valence-electron chi connectivity index (χ0n) is 12.1. The van der Waals surface area contributed by atoms with E-state index in [0.717, 1.165) is 4.79 Å². The Bertz CT molecular complexity index is 1090. The largest absolute Gasteiger partial charge is 0.282 e. The van der Waals surface area contributed by atoms with Gasteiger partial charge in [-0.15, -0.1) is 9.89 Å². The summed E-state index contributed by atoms with van der Waals surface area (Å²) < 4.78 is 16.3. The molecule has 0 aliphatic heterocycles. The van der Waals surface area contributed by atoms with E-state index in [4.69, 9.17) is 11.6 Å². The molecule has 118 valence electrons. The van der Waals surface area contributed by atoms with Crippen LogP contribution in [0.15, 0.2) is 59.7 Å². The predicted molar refractivity (Wildman–Crippen MR) is 87.2 cm³/mol. The van der Waals surface area contributed by atoms with Crippen molar-refractivity contribution >= 4 is 22.5 Å². The van der Waals surface area contributed by atoms with Crippen LogP contribution < -0.4 is 5.56 Å². The van der Waals surface area contributed by atoms with E-state index in [2.05, 4.69) is 15.5 Å². The summed E-state index contributed by atoms with van der Waals surface area (Å²) in [6, 6.07) is 13.2. The minimum absolute atomic E-state index is 0.0686. The number of halogens is 2. The molecular formula is C16H9ClFN5O. The Balaban J connectivity index is 2.20. The molecule has 0 amide bonds. The highest BCUT2D eigenvalue weighted by Crippen LogP contribution is 2.27. The van der Waals surface area contributed by atoms with Crippen LogP contribution in [0.4, 0.5) is 4.39 Å². The molecule has 24 heavy (non-hydrogen) atoms. The molecule has 0 fully saturated rings. The first-order valence-corrected chi connectivity index (χ1v) is 7.37. The molecular weight excluding hydrogens is 333 g/mol. The normalized spacial score (nSPS) is 11.1. The third-order valence-electron chi connectivity index (χ3n) is 3.65. The maximum atomic E-state index is 15.1. The lowest BCUT2D eigenvalue weighted by Gasteiger charge is -2.13. The van der Waals surface area contributed by atoms with Gasteiger partial charge in [0.25, 0.3) is 5.56 Å². The van der Waals surface area contributed by atoms with Gasteiger partial charge in [0.05, 0.1) is 11.1 Å². The highest BCUT2D eigenvalue weighted by atomic mass is 35.5. The van der Waals surface area contributed by atoms with Crippen LogP contribution >= 0.6 is 11.6 Å². The summed E-state index contributed by atoms with van der Waals surface area (Å²) in [5.41, 5.74) is 0.138. The summed E-state index contributed by atoms with van der Waals surface area (Å²) in [5, 5.41) is 11.4. The standard InChI is InChI=1S/C16H9ClFN5O/c17-11-6-7-13-12(8-11)15(18)14(10-4-2-1-3-5-10)16(24)23(13)22-9-19-20-21-22/h1-9H. The number of benzene rings is 2. The molecule has 0 atom stereocenters. The van der Waals surface area contributed by atoms with E-state index in [1.54, 1.807) is 42.5 Å². The van der Waals surface area contributed by atoms with Gasteiger partial charge in [-0.2, -0.15) is 4.68 Å². The molecule has 2 aromatic carbocycles. The number of aromatic nitrogens is 5. The average molecular weight is 342 g/mol. The fourth-order valence-corrected chi connectivity index (χ4v) is 2.79.